The van der Waals surface area contributed by atoms with Crippen molar-refractivity contribution in [1.82, 2.24) is 0 Å². The highest BCUT2D eigenvalue weighted by Gasteiger charge is 2.57. The summed E-state index contributed by atoms with van der Waals surface area (Å²) < 4.78 is 18.9. The van der Waals surface area contributed by atoms with Crippen LogP contribution >= 0.6 is 0 Å². The zero-order valence-electron chi connectivity index (χ0n) is 10.8. The van der Waals surface area contributed by atoms with Crippen molar-refractivity contribution in [3.8, 4) is 6.07 Å². The first-order valence-electron chi connectivity index (χ1n) is 6.57. The number of aliphatic hydroxyl groups excluding tert-OH is 1. The van der Waals surface area contributed by atoms with Crippen molar-refractivity contribution in [2.75, 3.05) is 0 Å². The fourth-order valence-electron chi connectivity index (χ4n) is 3.43. The Balaban J connectivity index is 1.99. The van der Waals surface area contributed by atoms with Gasteiger partial charge in [-0.25, -0.2) is 4.39 Å². The lowest BCUT2D eigenvalue weighted by Crippen LogP contribution is -2.37. The number of nitriles is 1. The van der Waals surface area contributed by atoms with E-state index in [1.54, 1.807) is 13.0 Å². The van der Waals surface area contributed by atoms with Crippen LogP contribution in [0.15, 0.2) is 18.2 Å². The molecular formula is C15H16FNO2. The Morgan fingerprint density at radius 3 is 2.84 bits per heavy atom. The predicted molar refractivity (Wildman–Crippen MR) is 66.7 cm³/mol. The summed E-state index contributed by atoms with van der Waals surface area (Å²) in [5.74, 6) is -0.330. The average Bonchev–Trinajstić information content (AvgIpc) is 2.98. The second-order valence-corrected chi connectivity index (χ2v) is 5.58. The molecule has 0 aromatic heterocycles. The van der Waals surface area contributed by atoms with Crippen LogP contribution in [0.3, 0.4) is 0 Å². The normalized spacial score (nSPS) is 34.2. The lowest BCUT2D eigenvalue weighted by atomic mass is 9.69. The third kappa shape index (κ3) is 1.77. The maximum absolute atomic E-state index is 13.1. The minimum Gasteiger partial charge on any atom is -0.387 e. The molecule has 0 amide bonds. The molecule has 1 aromatic rings. The highest BCUT2D eigenvalue weighted by atomic mass is 19.1. The topological polar surface area (TPSA) is 53.2 Å². The van der Waals surface area contributed by atoms with Crippen LogP contribution in [0.25, 0.3) is 0 Å². The van der Waals surface area contributed by atoms with Crippen molar-refractivity contribution in [3.05, 3.63) is 35.1 Å². The number of aryl methyl sites for hydroxylation is 1. The van der Waals surface area contributed by atoms with Crippen molar-refractivity contribution in [1.29, 1.82) is 5.26 Å². The third-order valence-electron chi connectivity index (χ3n) is 4.47. The lowest BCUT2D eigenvalue weighted by Gasteiger charge is -2.33. The Morgan fingerprint density at radius 1 is 1.53 bits per heavy atom. The second-order valence-electron chi connectivity index (χ2n) is 5.58. The summed E-state index contributed by atoms with van der Waals surface area (Å²) in [4.78, 5) is 0. The number of rotatable bonds is 2. The van der Waals surface area contributed by atoms with Crippen molar-refractivity contribution in [3.63, 3.8) is 0 Å². The van der Waals surface area contributed by atoms with E-state index in [9.17, 15) is 14.8 Å². The van der Waals surface area contributed by atoms with E-state index in [0.29, 0.717) is 17.5 Å². The van der Waals surface area contributed by atoms with Gasteiger partial charge in [-0.1, -0.05) is 6.07 Å². The molecule has 2 aliphatic rings. The van der Waals surface area contributed by atoms with Crippen LogP contribution in [0.1, 0.15) is 36.5 Å². The van der Waals surface area contributed by atoms with Crippen LogP contribution in [0.4, 0.5) is 4.39 Å². The Bertz CT molecular complexity index is 554. The molecule has 1 N–H and O–H groups in total. The molecule has 2 saturated heterocycles. The van der Waals surface area contributed by atoms with Gasteiger partial charge in [0.05, 0.1) is 18.3 Å². The second kappa shape index (κ2) is 4.29. The van der Waals surface area contributed by atoms with Gasteiger partial charge in [-0.05, 0) is 49.4 Å². The number of aliphatic hydroxyl groups is 1. The monoisotopic (exact) mass is 261 g/mol. The van der Waals surface area contributed by atoms with Gasteiger partial charge in [0, 0.05) is 0 Å². The molecule has 3 rings (SSSR count). The van der Waals surface area contributed by atoms with E-state index < -0.39 is 11.5 Å². The smallest absolute Gasteiger partial charge is 0.123 e. The summed E-state index contributed by atoms with van der Waals surface area (Å²) in [5.41, 5.74) is 0.412. The molecule has 0 radical (unpaired) electrons. The Hall–Kier alpha value is -1.44. The van der Waals surface area contributed by atoms with E-state index in [2.05, 4.69) is 6.07 Å². The molecule has 19 heavy (non-hydrogen) atoms. The maximum atomic E-state index is 13.1. The number of hydrogen-bond donors (Lipinski definition) is 1. The molecule has 0 aliphatic carbocycles. The van der Waals surface area contributed by atoms with Gasteiger partial charge >= 0.3 is 0 Å². The van der Waals surface area contributed by atoms with E-state index in [1.165, 1.54) is 12.1 Å². The van der Waals surface area contributed by atoms with Crippen LogP contribution in [-0.4, -0.2) is 17.3 Å². The van der Waals surface area contributed by atoms with Crippen molar-refractivity contribution >= 4 is 0 Å². The maximum Gasteiger partial charge on any atom is 0.123 e. The number of fused-ring (bicyclic) bond motifs is 2. The minimum atomic E-state index is -0.923. The molecule has 2 bridgehead atoms. The van der Waals surface area contributed by atoms with Gasteiger partial charge < -0.3 is 9.84 Å². The quantitative estimate of drug-likeness (QED) is 0.890. The average molecular weight is 261 g/mol. The number of ether oxygens (including phenoxy) is 1. The van der Waals surface area contributed by atoms with E-state index in [-0.39, 0.29) is 18.0 Å². The summed E-state index contributed by atoms with van der Waals surface area (Å²) >= 11 is 0. The number of benzene rings is 1. The summed E-state index contributed by atoms with van der Waals surface area (Å²) in [6, 6.07) is 6.56. The van der Waals surface area contributed by atoms with Crippen LogP contribution in [0.5, 0.6) is 0 Å². The molecule has 2 fully saturated rings. The molecule has 2 heterocycles. The van der Waals surface area contributed by atoms with Gasteiger partial charge in [0.25, 0.3) is 0 Å². The highest BCUT2D eigenvalue weighted by molar-refractivity contribution is 5.33. The SMILES string of the molecule is Cc1cc(F)ccc1C(O)C1(C#N)CC2CCC1O2. The van der Waals surface area contributed by atoms with Gasteiger partial charge in [0.15, 0.2) is 0 Å². The Morgan fingerprint density at radius 2 is 2.32 bits per heavy atom. The number of nitrogens with zero attached hydrogens (tertiary/aromatic N) is 1. The molecule has 0 spiro atoms. The zero-order chi connectivity index (χ0) is 13.6. The molecule has 100 valence electrons. The Labute approximate surface area is 111 Å². The van der Waals surface area contributed by atoms with Crippen molar-refractivity contribution in [2.24, 2.45) is 5.41 Å². The van der Waals surface area contributed by atoms with Gasteiger partial charge in [-0.3, -0.25) is 0 Å². The van der Waals surface area contributed by atoms with Crippen molar-refractivity contribution in [2.45, 2.75) is 44.5 Å². The molecule has 1 aromatic carbocycles. The van der Waals surface area contributed by atoms with Crippen LogP contribution < -0.4 is 0 Å². The fourth-order valence-corrected chi connectivity index (χ4v) is 3.43. The van der Waals surface area contributed by atoms with E-state index >= 15 is 0 Å². The van der Waals surface area contributed by atoms with E-state index in [0.717, 1.165) is 12.8 Å². The largest absolute Gasteiger partial charge is 0.387 e. The van der Waals surface area contributed by atoms with Gasteiger partial charge in [-0.2, -0.15) is 5.26 Å². The van der Waals surface area contributed by atoms with Crippen LogP contribution in [0.2, 0.25) is 0 Å². The molecule has 3 nitrogen and oxygen atoms in total. The summed E-state index contributed by atoms with van der Waals surface area (Å²) in [6.45, 7) is 1.75. The van der Waals surface area contributed by atoms with Crippen LogP contribution in [0, 0.1) is 29.5 Å². The van der Waals surface area contributed by atoms with E-state index in [1.807, 2.05) is 0 Å². The molecule has 0 saturated carbocycles. The summed E-state index contributed by atoms with van der Waals surface area (Å²) in [7, 11) is 0. The highest BCUT2D eigenvalue weighted by Crippen LogP contribution is 2.54. The van der Waals surface area contributed by atoms with E-state index in [4.69, 9.17) is 4.74 Å². The van der Waals surface area contributed by atoms with Gasteiger partial charge in [0.2, 0.25) is 0 Å². The molecular weight excluding hydrogens is 245 g/mol. The number of hydrogen-bond acceptors (Lipinski definition) is 3. The van der Waals surface area contributed by atoms with Gasteiger partial charge in [-0.15, -0.1) is 0 Å². The minimum absolute atomic E-state index is 0.0834. The number of halogens is 1. The van der Waals surface area contributed by atoms with Crippen LogP contribution in [-0.2, 0) is 4.74 Å². The lowest BCUT2D eigenvalue weighted by molar-refractivity contribution is 0.00309. The molecule has 4 unspecified atom stereocenters. The molecule has 2 aliphatic heterocycles. The summed E-state index contributed by atoms with van der Waals surface area (Å²) in [6.07, 6.45) is 1.29. The van der Waals surface area contributed by atoms with Gasteiger partial charge in [0.1, 0.15) is 17.3 Å². The predicted octanol–water partition coefficient (Wildman–Crippen LogP) is 2.63. The first-order chi connectivity index (χ1) is 9.06. The standard InChI is InChI=1S/C15H16FNO2/c1-9-6-10(16)2-4-12(9)14(18)15(8-17)7-11-3-5-13(15)19-11/h2,4,6,11,13-14,18H,3,5,7H2,1H3. The molecule has 4 atom stereocenters. The van der Waals surface area contributed by atoms with Crippen molar-refractivity contribution < 1.29 is 14.2 Å². The third-order valence-corrected chi connectivity index (χ3v) is 4.47. The Kier molecular flexibility index (Phi) is 2.84. The fraction of sp³-hybridized carbons (Fsp3) is 0.533. The first-order valence-corrected chi connectivity index (χ1v) is 6.57. The molecule has 4 heteroatoms. The zero-order valence-corrected chi connectivity index (χ0v) is 10.8. The first kappa shape index (κ1) is 12.6. The summed E-state index contributed by atoms with van der Waals surface area (Å²) in [5, 5.41) is 20.2.